The molecule has 1 heterocycles. The predicted octanol–water partition coefficient (Wildman–Crippen LogP) is 5.27. The molecule has 1 N–H and O–H groups in total. The molecule has 1 aromatic rings. The molecule has 1 aromatic carbocycles. The van der Waals surface area contributed by atoms with Crippen molar-refractivity contribution in [1.29, 1.82) is 0 Å². The van der Waals surface area contributed by atoms with E-state index in [4.69, 9.17) is 23.2 Å². The molecule has 2 bridgehead atoms. The van der Waals surface area contributed by atoms with E-state index >= 15 is 0 Å². The predicted molar refractivity (Wildman–Crippen MR) is 124 cm³/mol. The number of nitrogens with one attached hydrogen (secondary N) is 1. The third kappa shape index (κ3) is 4.07. The largest absolute Gasteiger partial charge is 0.325 e. The summed E-state index contributed by atoms with van der Waals surface area (Å²) in [4.78, 5) is 39.8. The minimum Gasteiger partial charge on any atom is -0.325 e. The number of amides is 3. The van der Waals surface area contributed by atoms with Gasteiger partial charge in [0.1, 0.15) is 0 Å². The lowest BCUT2D eigenvalue weighted by atomic mass is 9.81. The first kappa shape index (κ1) is 22.6. The van der Waals surface area contributed by atoms with Crippen molar-refractivity contribution in [2.45, 2.75) is 41.8 Å². The fraction of sp³-hybridized carbons (Fsp3) is 0.571. The molecule has 0 radical (unpaired) electrons. The summed E-state index contributed by atoms with van der Waals surface area (Å²) in [7, 11) is 0. The van der Waals surface area contributed by atoms with E-state index in [1.165, 1.54) is 4.90 Å². The van der Waals surface area contributed by atoms with Crippen molar-refractivity contribution in [2.75, 3.05) is 11.9 Å². The summed E-state index contributed by atoms with van der Waals surface area (Å²) in [5.41, 5.74) is 0.499. The summed E-state index contributed by atoms with van der Waals surface area (Å²) < 4.78 is 0. The van der Waals surface area contributed by atoms with Crippen molar-refractivity contribution >= 4 is 78.5 Å². The number of anilines is 1. The minimum atomic E-state index is -0.158. The van der Waals surface area contributed by atoms with Gasteiger partial charge in [-0.05, 0) is 49.3 Å². The molecule has 9 heteroatoms. The third-order valence-electron chi connectivity index (χ3n) is 6.57. The van der Waals surface area contributed by atoms with E-state index in [0.29, 0.717) is 41.5 Å². The Bertz CT molecular complexity index is 852. The molecule has 0 unspecified atom stereocenters. The molecule has 3 fully saturated rings. The number of benzene rings is 1. The van der Waals surface area contributed by atoms with Crippen LogP contribution in [0.1, 0.15) is 32.1 Å². The monoisotopic (exact) mass is 578 g/mol. The molecular weight excluding hydrogens is 559 g/mol. The van der Waals surface area contributed by atoms with Crippen LogP contribution in [0.25, 0.3) is 0 Å². The number of halogens is 4. The number of fused-ring (bicyclic) bond motifs is 5. The number of nitrogens with zero attached hydrogens (tertiary/aromatic N) is 1. The minimum absolute atomic E-state index is 0.00492. The first-order valence-electron chi connectivity index (χ1n) is 10.2. The van der Waals surface area contributed by atoms with Gasteiger partial charge >= 0.3 is 0 Å². The molecule has 6 atom stereocenters. The first-order valence-corrected chi connectivity index (χ1v) is 12.8. The Balaban J connectivity index is 1.22. The van der Waals surface area contributed by atoms with E-state index in [0.717, 1.165) is 12.8 Å². The lowest BCUT2D eigenvalue weighted by Gasteiger charge is -2.28. The van der Waals surface area contributed by atoms with Crippen LogP contribution in [-0.2, 0) is 14.4 Å². The number of likely N-dealkylation sites (tertiary alicyclic amines) is 1. The van der Waals surface area contributed by atoms with Crippen LogP contribution in [-0.4, -0.2) is 38.8 Å². The van der Waals surface area contributed by atoms with Crippen molar-refractivity contribution < 1.29 is 14.4 Å². The molecule has 0 aromatic heterocycles. The van der Waals surface area contributed by atoms with Gasteiger partial charge in [-0.15, -0.1) is 0 Å². The number of unbranched alkanes of at least 4 members (excludes halogenated alkanes) is 2. The van der Waals surface area contributed by atoms with Crippen LogP contribution in [0, 0.1) is 23.7 Å². The molecule has 1 saturated heterocycles. The number of carbonyl (C=O) groups is 3. The maximum Gasteiger partial charge on any atom is 0.233 e. The lowest BCUT2D eigenvalue weighted by molar-refractivity contribution is -0.140. The SMILES string of the molecule is O=C(CCCCCN1C(=O)[C@H]2[C@@H]3C[C@@H]([C@@H](Br)[C@@H]3Br)[C@@H]2C1=O)Nc1cc(Cl)ccc1Cl. The van der Waals surface area contributed by atoms with Crippen LogP contribution in [0.5, 0.6) is 0 Å². The van der Waals surface area contributed by atoms with Crippen molar-refractivity contribution in [3.05, 3.63) is 28.2 Å². The summed E-state index contributed by atoms with van der Waals surface area (Å²) in [5, 5.41) is 3.71. The van der Waals surface area contributed by atoms with Crippen LogP contribution < -0.4 is 5.32 Å². The van der Waals surface area contributed by atoms with Gasteiger partial charge in [0.15, 0.2) is 0 Å². The second kappa shape index (κ2) is 9.08. The maximum absolute atomic E-state index is 12.9. The van der Waals surface area contributed by atoms with Crippen molar-refractivity contribution in [2.24, 2.45) is 23.7 Å². The topological polar surface area (TPSA) is 66.5 Å². The van der Waals surface area contributed by atoms with Gasteiger partial charge in [-0.25, -0.2) is 0 Å². The van der Waals surface area contributed by atoms with Gasteiger partial charge < -0.3 is 5.32 Å². The van der Waals surface area contributed by atoms with Gasteiger partial charge in [0.05, 0.1) is 22.5 Å². The average Bonchev–Trinajstić information content (AvgIpc) is 3.30. The zero-order chi connectivity index (χ0) is 21.6. The van der Waals surface area contributed by atoms with Crippen LogP contribution in [0.2, 0.25) is 10.0 Å². The van der Waals surface area contributed by atoms with Crippen LogP contribution in [0.3, 0.4) is 0 Å². The second-order valence-electron chi connectivity index (χ2n) is 8.31. The molecular formula is C21H22Br2Cl2N2O3. The Morgan fingerprint density at radius 1 is 1.03 bits per heavy atom. The van der Waals surface area contributed by atoms with E-state index in [1.807, 2.05) is 0 Å². The van der Waals surface area contributed by atoms with Crippen LogP contribution in [0.15, 0.2) is 18.2 Å². The number of imide groups is 1. The molecule has 162 valence electrons. The second-order valence-corrected chi connectivity index (χ2v) is 11.3. The Morgan fingerprint density at radius 2 is 1.67 bits per heavy atom. The van der Waals surface area contributed by atoms with Crippen molar-refractivity contribution in [1.82, 2.24) is 4.90 Å². The molecule has 1 aliphatic heterocycles. The first-order chi connectivity index (χ1) is 14.3. The lowest BCUT2D eigenvalue weighted by Crippen LogP contribution is -2.37. The van der Waals surface area contributed by atoms with Crippen LogP contribution in [0.4, 0.5) is 5.69 Å². The molecule has 30 heavy (non-hydrogen) atoms. The zero-order valence-corrected chi connectivity index (χ0v) is 20.8. The molecule has 0 spiro atoms. The normalized spacial score (nSPS) is 32.1. The standard InChI is InChI=1S/C21H22Br2Cl2N2O3/c22-18-11-9-12(19(18)23)17-16(11)20(29)27(21(17)30)7-3-1-2-4-15(28)26-14-8-10(24)5-6-13(14)25/h5-6,8,11-12,16-19H,1-4,7,9H2,(H,26,28)/t11-,12+,16-,17-,18+,19+/m0/s1. The van der Waals surface area contributed by atoms with Gasteiger partial charge in [0.25, 0.3) is 0 Å². The Morgan fingerprint density at radius 3 is 2.30 bits per heavy atom. The van der Waals surface area contributed by atoms with Gasteiger partial charge in [-0.3, -0.25) is 19.3 Å². The molecule has 5 nitrogen and oxygen atoms in total. The van der Waals surface area contributed by atoms with E-state index < -0.39 is 0 Å². The van der Waals surface area contributed by atoms with E-state index in [-0.39, 0.29) is 51.0 Å². The van der Waals surface area contributed by atoms with Crippen molar-refractivity contribution in [3.8, 4) is 0 Å². The number of alkyl halides is 2. The van der Waals surface area contributed by atoms with E-state index in [2.05, 4.69) is 37.2 Å². The Labute approximate surface area is 202 Å². The van der Waals surface area contributed by atoms with E-state index in [1.54, 1.807) is 18.2 Å². The summed E-state index contributed by atoms with van der Waals surface area (Å²) in [6, 6.07) is 4.92. The molecule has 2 saturated carbocycles. The number of rotatable bonds is 7. The number of hydrogen-bond donors (Lipinski definition) is 1. The van der Waals surface area contributed by atoms with Crippen LogP contribution >= 0.6 is 55.1 Å². The van der Waals surface area contributed by atoms with E-state index in [9.17, 15) is 14.4 Å². The molecule has 4 rings (SSSR count). The smallest absolute Gasteiger partial charge is 0.233 e. The number of hydrogen-bond acceptors (Lipinski definition) is 3. The highest BCUT2D eigenvalue weighted by atomic mass is 79.9. The third-order valence-corrected chi connectivity index (χ3v) is 10.3. The molecule has 3 aliphatic rings. The Kier molecular flexibility index (Phi) is 6.83. The van der Waals surface area contributed by atoms with Gasteiger partial charge in [0, 0.05) is 27.6 Å². The fourth-order valence-corrected chi connectivity index (χ4v) is 7.38. The van der Waals surface area contributed by atoms with Crippen molar-refractivity contribution in [3.63, 3.8) is 0 Å². The average molecular weight is 581 g/mol. The summed E-state index contributed by atoms with van der Waals surface area (Å²) >= 11 is 19.4. The molecule has 2 aliphatic carbocycles. The van der Waals surface area contributed by atoms with Gasteiger partial charge in [-0.2, -0.15) is 0 Å². The highest BCUT2D eigenvalue weighted by Gasteiger charge is 2.66. The van der Waals surface area contributed by atoms with Gasteiger partial charge in [0.2, 0.25) is 17.7 Å². The summed E-state index contributed by atoms with van der Waals surface area (Å²) in [6.45, 7) is 0.436. The summed E-state index contributed by atoms with van der Waals surface area (Å²) in [5.74, 6) is 0.0261. The highest BCUT2D eigenvalue weighted by molar-refractivity contribution is 9.12. The zero-order valence-electron chi connectivity index (χ0n) is 16.1. The fourth-order valence-electron chi connectivity index (χ4n) is 5.17. The summed E-state index contributed by atoms with van der Waals surface area (Å²) in [6.07, 6.45) is 3.42. The quantitative estimate of drug-likeness (QED) is 0.271. The van der Waals surface area contributed by atoms with Gasteiger partial charge in [-0.1, -0.05) is 61.5 Å². The Hall–Kier alpha value is -0.630. The molecule has 3 amide bonds. The number of carbonyl (C=O) groups excluding carboxylic acids is 3. The maximum atomic E-state index is 12.9. The highest BCUT2D eigenvalue weighted by Crippen LogP contribution is 2.60.